The van der Waals surface area contributed by atoms with Crippen molar-refractivity contribution in [1.29, 1.82) is 0 Å². The Morgan fingerprint density at radius 2 is 1.86 bits per heavy atom. The third-order valence-corrected chi connectivity index (χ3v) is 7.52. The highest BCUT2D eigenvalue weighted by molar-refractivity contribution is 7.88. The fourth-order valence-corrected chi connectivity index (χ4v) is 5.29. The standard InChI is InChI=1S/C24H30F3N7O2S/c1-16-11-17(13-32(2)3)5-6-21(16)33-14-20(29-15-33)22-19(24(25,26)27)12-28-23(31-22)30-18-7-9-34(10-8-18)37(4,35)36/h5-6,11-12,14-15,18H,7-10,13H2,1-4H3,(H,28,30,31). The van der Waals surface area contributed by atoms with Gasteiger partial charge in [0.15, 0.2) is 0 Å². The number of anilines is 1. The summed E-state index contributed by atoms with van der Waals surface area (Å²) < 4.78 is 68.0. The van der Waals surface area contributed by atoms with E-state index in [0.29, 0.717) is 25.9 Å². The van der Waals surface area contributed by atoms with E-state index in [4.69, 9.17) is 0 Å². The topological polar surface area (TPSA) is 96.3 Å². The van der Waals surface area contributed by atoms with Crippen LogP contribution >= 0.6 is 0 Å². The van der Waals surface area contributed by atoms with Gasteiger partial charge in [-0.05, 0) is 51.1 Å². The molecule has 13 heteroatoms. The quantitative estimate of drug-likeness (QED) is 0.492. The molecule has 0 unspecified atom stereocenters. The molecule has 0 radical (unpaired) electrons. The summed E-state index contributed by atoms with van der Waals surface area (Å²) >= 11 is 0. The molecule has 3 heterocycles. The molecule has 0 spiro atoms. The van der Waals surface area contributed by atoms with Crippen LogP contribution in [0.2, 0.25) is 0 Å². The number of nitrogens with zero attached hydrogens (tertiary/aromatic N) is 6. The van der Waals surface area contributed by atoms with E-state index in [1.165, 1.54) is 16.8 Å². The van der Waals surface area contributed by atoms with E-state index in [-0.39, 0.29) is 23.4 Å². The van der Waals surface area contributed by atoms with E-state index in [9.17, 15) is 21.6 Å². The van der Waals surface area contributed by atoms with Crippen molar-refractivity contribution in [1.82, 2.24) is 28.7 Å². The van der Waals surface area contributed by atoms with Crippen LogP contribution in [0.1, 0.15) is 29.5 Å². The molecule has 1 aliphatic rings. The Morgan fingerprint density at radius 1 is 1.16 bits per heavy atom. The Hall–Kier alpha value is -3.03. The molecule has 1 aromatic carbocycles. The molecule has 2 aromatic heterocycles. The van der Waals surface area contributed by atoms with Crippen LogP contribution in [0.5, 0.6) is 0 Å². The Morgan fingerprint density at radius 3 is 2.46 bits per heavy atom. The summed E-state index contributed by atoms with van der Waals surface area (Å²) in [7, 11) is 0.676. The lowest BCUT2D eigenvalue weighted by molar-refractivity contribution is -0.137. The van der Waals surface area contributed by atoms with Gasteiger partial charge in [0, 0.05) is 43.8 Å². The molecule has 4 rings (SSSR count). The lowest BCUT2D eigenvalue weighted by Crippen LogP contribution is -2.42. The molecular formula is C24H30F3N7O2S. The molecule has 0 bridgehead atoms. The zero-order valence-corrected chi connectivity index (χ0v) is 21.9. The van der Waals surface area contributed by atoms with Crippen LogP contribution in [0.3, 0.4) is 0 Å². The minimum absolute atomic E-state index is 0.0413. The Kier molecular flexibility index (Phi) is 7.58. The second-order valence-electron chi connectivity index (χ2n) is 9.56. The lowest BCUT2D eigenvalue weighted by Gasteiger charge is -2.30. The SMILES string of the molecule is Cc1cc(CN(C)C)ccc1-n1cnc(-c2nc(NC3CCN(S(C)(=O)=O)CC3)ncc2C(F)(F)F)c1. The number of halogens is 3. The predicted molar refractivity (Wildman–Crippen MR) is 135 cm³/mol. The average Bonchev–Trinajstić information content (AvgIpc) is 3.27. The van der Waals surface area contributed by atoms with Crippen molar-refractivity contribution in [3.05, 3.63) is 53.6 Å². The molecule has 3 aromatic rings. The Bertz CT molecular complexity index is 1360. The van der Waals surface area contributed by atoms with Gasteiger partial charge >= 0.3 is 6.18 Å². The van der Waals surface area contributed by atoms with Crippen molar-refractivity contribution >= 4 is 16.0 Å². The number of hydrogen-bond donors (Lipinski definition) is 1. The molecule has 0 amide bonds. The van der Waals surface area contributed by atoms with Crippen molar-refractivity contribution in [2.24, 2.45) is 0 Å². The molecular weight excluding hydrogens is 507 g/mol. The number of aromatic nitrogens is 4. The summed E-state index contributed by atoms with van der Waals surface area (Å²) in [6.07, 6.45) is 1.23. The number of aryl methyl sites for hydroxylation is 1. The smallest absolute Gasteiger partial charge is 0.351 e. The van der Waals surface area contributed by atoms with Gasteiger partial charge in [-0.15, -0.1) is 0 Å². The summed E-state index contributed by atoms with van der Waals surface area (Å²) in [6.45, 7) is 3.36. The van der Waals surface area contributed by atoms with E-state index >= 15 is 0 Å². The van der Waals surface area contributed by atoms with Crippen molar-refractivity contribution < 1.29 is 21.6 Å². The molecule has 9 nitrogen and oxygen atoms in total. The van der Waals surface area contributed by atoms with Crippen molar-refractivity contribution in [2.75, 3.05) is 38.8 Å². The maximum absolute atomic E-state index is 13.8. The number of rotatable bonds is 7. The molecule has 1 aliphatic heterocycles. The van der Waals surface area contributed by atoms with Crippen LogP contribution in [0.15, 0.2) is 36.9 Å². The summed E-state index contributed by atoms with van der Waals surface area (Å²) in [5.74, 6) is 0.0413. The van der Waals surface area contributed by atoms with Gasteiger partial charge in [-0.25, -0.2) is 27.7 Å². The van der Waals surface area contributed by atoms with Crippen LogP contribution in [0.4, 0.5) is 19.1 Å². The highest BCUT2D eigenvalue weighted by Crippen LogP contribution is 2.36. The minimum Gasteiger partial charge on any atom is -0.351 e. The van der Waals surface area contributed by atoms with Gasteiger partial charge in [-0.2, -0.15) is 13.2 Å². The highest BCUT2D eigenvalue weighted by atomic mass is 32.2. The van der Waals surface area contributed by atoms with Gasteiger partial charge in [0.05, 0.1) is 12.6 Å². The second-order valence-corrected chi connectivity index (χ2v) is 11.5. The summed E-state index contributed by atoms with van der Waals surface area (Å²) in [5, 5.41) is 3.06. The van der Waals surface area contributed by atoms with E-state index in [0.717, 1.165) is 35.8 Å². The van der Waals surface area contributed by atoms with Gasteiger partial charge in [0.2, 0.25) is 16.0 Å². The van der Waals surface area contributed by atoms with Crippen molar-refractivity contribution in [3.63, 3.8) is 0 Å². The zero-order valence-electron chi connectivity index (χ0n) is 21.1. The molecule has 1 fully saturated rings. The second kappa shape index (κ2) is 10.4. The van der Waals surface area contributed by atoms with E-state index < -0.39 is 21.8 Å². The summed E-state index contributed by atoms with van der Waals surface area (Å²) in [6, 6.07) is 5.77. The molecule has 0 atom stereocenters. The third-order valence-electron chi connectivity index (χ3n) is 6.21. The highest BCUT2D eigenvalue weighted by Gasteiger charge is 2.36. The first kappa shape index (κ1) is 27.0. The van der Waals surface area contributed by atoms with Crippen molar-refractivity contribution in [2.45, 2.75) is 38.5 Å². The maximum Gasteiger partial charge on any atom is 0.420 e. The van der Waals surface area contributed by atoms with E-state index in [1.54, 1.807) is 4.57 Å². The first-order valence-electron chi connectivity index (χ1n) is 11.8. The van der Waals surface area contributed by atoms with Crippen LogP contribution < -0.4 is 5.32 Å². The van der Waals surface area contributed by atoms with Crippen LogP contribution in [0, 0.1) is 6.92 Å². The maximum atomic E-state index is 13.8. The molecule has 0 aliphatic carbocycles. The fraction of sp³-hybridized carbons (Fsp3) is 0.458. The monoisotopic (exact) mass is 537 g/mol. The zero-order chi connectivity index (χ0) is 27.0. The van der Waals surface area contributed by atoms with Gasteiger partial charge in [-0.3, -0.25) is 0 Å². The van der Waals surface area contributed by atoms with Crippen LogP contribution in [0.25, 0.3) is 17.1 Å². The van der Waals surface area contributed by atoms with E-state index in [1.807, 2.05) is 39.2 Å². The molecule has 1 N–H and O–H groups in total. The number of piperidine rings is 1. The average molecular weight is 538 g/mol. The third kappa shape index (κ3) is 6.46. The molecule has 200 valence electrons. The molecule has 1 saturated heterocycles. The van der Waals surface area contributed by atoms with E-state index in [2.05, 4.69) is 25.2 Å². The molecule has 0 saturated carbocycles. The normalized spacial score (nSPS) is 15.9. The number of imidazole rings is 1. The largest absolute Gasteiger partial charge is 0.420 e. The van der Waals surface area contributed by atoms with Crippen molar-refractivity contribution in [3.8, 4) is 17.1 Å². The van der Waals surface area contributed by atoms with Gasteiger partial charge < -0.3 is 14.8 Å². The minimum atomic E-state index is -4.66. The first-order chi connectivity index (χ1) is 17.3. The number of alkyl halides is 3. The summed E-state index contributed by atoms with van der Waals surface area (Å²) in [5.41, 5.74) is 1.67. The predicted octanol–water partition coefficient (Wildman–Crippen LogP) is 3.55. The van der Waals surface area contributed by atoms with Crippen LogP contribution in [-0.2, 0) is 22.7 Å². The molecule has 37 heavy (non-hydrogen) atoms. The lowest BCUT2D eigenvalue weighted by atomic mass is 10.1. The number of hydrogen-bond acceptors (Lipinski definition) is 7. The fourth-order valence-electron chi connectivity index (χ4n) is 4.42. The van der Waals surface area contributed by atoms with Gasteiger partial charge in [0.1, 0.15) is 17.0 Å². The summed E-state index contributed by atoms with van der Waals surface area (Å²) in [4.78, 5) is 14.4. The first-order valence-corrected chi connectivity index (χ1v) is 13.6. The number of sulfonamides is 1. The van der Waals surface area contributed by atoms with Gasteiger partial charge in [0.25, 0.3) is 0 Å². The number of nitrogens with one attached hydrogen (secondary N) is 1. The van der Waals surface area contributed by atoms with Gasteiger partial charge in [-0.1, -0.05) is 12.1 Å². The Balaban J connectivity index is 1.60. The Labute approximate surface area is 214 Å². The number of benzene rings is 1. The van der Waals surface area contributed by atoms with Crippen LogP contribution in [-0.4, -0.2) is 76.6 Å².